The van der Waals surface area contributed by atoms with Crippen molar-refractivity contribution in [2.24, 2.45) is 0 Å². The summed E-state index contributed by atoms with van der Waals surface area (Å²) < 4.78 is 5.84. The van der Waals surface area contributed by atoms with E-state index in [2.05, 4.69) is 5.32 Å². The molecule has 0 fully saturated rings. The Morgan fingerprint density at radius 3 is 2.35 bits per heavy atom. The van der Waals surface area contributed by atoms with Crippen molar-refractivity contribution < 1.29 is 9.84 Å². The van der Waals surface area contributed by atoms with Crippen molar-refractivity contribution in [3.8, 4) is 11.5 Å². The van der Waals surface area contributed by atoms with Gasteiger partial charge in [-0.25, -0.2) is 0 Å². The lowest BCUT2D eigenvalue weighted by molar-refractivity contribution is 0.0591. The van der Waals surface area contributed by atoms with Crippen LogP contribution in [0.4, 0.5) is 0 Å². The van der Waals surface area contributed by atoms with Crippen LogP contribution in [0.2, 0.25) is 0 Å². The number of para-hydroxylation sites is 1. The monoisotopic (exact) mass is 271 g/mol. The van der Waals surface area contributed by atoms with Gasteiger partial charge in [-0.05, 0) is 50.2 Å². The average Bonchev–Trinajstić information content (AvgIpc) is 2.42. The van der Waals surface area contributed by atoms with E-state index in [1.165, 1.54) is 0 Å². The van der Waals surface area contributed by atoms with Crippen LogP contribution >= 0.6 is 0 Å². The summed E-state index contributed by atoms with van der Waals surface area (Å²) in [5.41, 5.74) is 1.08. The molecule has 2 aromatic carbocycles. The maximum Gasteiger partial charge on any atom is 0.130 e. The van der Waals surface area contributed by atoms with Crippen molar-refractivity contribution in [1.82, 2.24) is 5.32 Å². The average molecular weight is 271 g/mol. The van der Waals surface area contributed by atoms with Crippen molar-refractivity contribution in [2.45, 2.75) is 19.4 Å². The lowest BCUT2D eigenvalue weighted by Crippen LogP contribution is -2.33. The SMILES string of the molecule is CNCC(C)(O)c1ccc(Oc2ccccc2C)cc1. The fraction of sp³-hybridized carbons (Fsp3) is 0.294. The van der Waals surface area contributed by atoms with Gasteiger partial charge in [0.05, 0.1) is 5.60 Å². The summed E-state index contributed by atoms with van der Waals surface area (Å²) in [5.74, 6) is 1.62. The number of benzene rings is 2. The number of aliphatic hydroxyl groups is 1. The predicted molar refractivity (Wildman–Crippen MR) is 81.2 cm³/mol. The second-order valence-corrected chi connectivity index (χ2v) is 5.20. The zero-order chi connectivity index (χ0) is 14.6. The van der Waals surface area contributed by atoms with E-state index >= 15 is 0 Å². The van der Waals surface area contributed by atoms with Crippen molar-refractivity contribution in [3.63, 3.8) is 0 Å². The third kappa shape index (κ3) is 3.38. The third-order valence-electron chi connectivity index (χ3n) is 3.32. The van der Waals surface area contributed by atoms with E-state index in [9.17, 15) is 5.11 Å². The van der Waals surface area contributed by atoms with Crippen LogP contribution in [0.1, 0.15) is 18.1 Å². The molecule has 0 saturated heterocycles. The highest BCUT2D eigenvalue weighted by Crippen LogP contribution is 2.27. The molecule has 0 amide bonds. The van der Waals surface area contributed by atoms with Gasteiger partial charge in [0, 0.05) is 6.54 Å². The Hall–Kier alpha value is -1.84. The van der Waals surface area contributed by atoms with Crippen LogP contribution in [0.15, 0.2) is 48.5 Å². The van der Waals surface area contributed by atoms with E-state index in [0.29, 0.717) is 6.54 Å². The van der Waals surface area contributed by atoms with E-state index in [1.54, 1.807) is 6.92 Å². The molecule has 3 heteroatoms. The molecule has 0 aliphatic heterocycles. The molecule has 0 saturated carbocycles. The first-order valence-corrected chi connectivity index (χ1v) is 6.74. The van der Waals surface area contributed by atoms with Gasteiger partial charge in [0.1, 0.15) is 11.5 Å². The summed E-state index contributed by atoms with van der Waals surface area (Å²) in [6, 6.07) is 15.4. The topological polar surface area (TPSA) is 41.5 Å². The lowest BCUT2D eigenvalue weighted by Gasteiger charge is -2.23. The minimum absolute atomic E-state index is 0.505. The summed E-state index contributed by atoms with van der Waals surface area (Å²) in [4.78, 5) is 0. The number of rotatable bonds is 5. The fourth-order valence-electron chi connectivity index (χ4n) is 2.13. The summed E-state index contributed by atoms with van der Waals surface area (Å²) in [6.07, 6.45) is 0. The van der Waals surface area contributed by atoms with Crippen LogP contribution in [0, 0.1) is 6.92 Å². The Morgan fingerprint density at radius 2 is 1.75 bits per heavy atom. The molecule has 0 aliphatic rings. The molecule has 1 unspecified atom stereocenters. The molecule has 0 bridgehead atoms. The fourth-order valence-corrected chi connectivity index (χ4v) is 2.13. The second kappa shape index (κ2) is 6.07. The van der Waals surface area contributed by atoms with Crippen LogP contribution in [0.3, 0.4) is 0 Å². The van der Waals surface area contributed by atoms with E-state index in [1.807, 2.05) is 62.5 Å². The van der Waals surface area contributed by atoms with Crippen molar-refractivity contribution in [1.29, 1.82) is 0 Å². The molecule has 0 aliphatic carbocycles. The quantitative estimate of drug-likeness (QED) is 0.877. The summed E-state index contributed by atoms with van der Waals surface area (Å²) in [6.45, 7) is 4.31. The molecule has 0 radical (unpaired) electrons. The Labute approximate surface area is 120 Å². The normalized spacial score (nSPS) is 13.8. The highest BCUT2D eigenvalue weighted by atomic mass is 16.5. The van der Waals surface area contributed by atoms with Crippen LogP contribution in [0.5, 0.6) is 11.5 Å². The minimum Gasteiger partial charge on any atom is -0.457 e. The van der Waals surface area contributed by atoms with E-state index in [0.717, 1.165) is 22.6 Å². The van der Waals surface area contributed by atoms with Gasteiger partial charge in [-0.1, -0.05) is 30.3 Å². The van der Waals surface area contributed by atoms with Crippen molar-refractivity contribution in [3.05, 3.63) is 59.7 Å². The molecule has 2 rings (SSSR count). The van der Waals surface area contributed by atoms with Gasteiger partial charge in [0.15, 0.2) is 0 Å². The standard InChI is InChI=1S/C17H21NO2/c1-13-6-4-5-7-16(13)20-15-10-8-14(9-11-15)17(2,19)12-18-3/h4-11,18-19H,12H2,1-3H3. The molecule has 0 heterocycles. The van der Waals surface area contributed by atoms with Crippen molar-refractivity contribution in [2.75, 3.05) is 13.6 Å². The third-order valence-corrected chi connectivity index (χ3v) is 3.32. The van der Waals surface area contributed by atoms with Gasteiger partial charge in [-0.3, -0.25) is 0 Å². The number of hydrogen-bond donors (Lipinski definition) is 2. The zero-order valence-corrected chi connectivity index (χ0v) is 12.2. The minimum atomic E-state index is -0.879. The Kier molecular flexibility index (Phi) is 4.42. The molecule has 0 spiro atoms. The summed E-state index contributed by atoms with van der Waals surface area (Å²) >= 11 is 0. The number of ether oxygens (including phenoxy) is 1. The van der Waals surface area contributed by atoms with Gasteiger partial charge in [0.25, 0.3) is 0 Å². The zero-order valence-electron chi connectivity index (χ0n) is 12.2. The molecule has 2 N–H and O–H groups in total. The number of aryl methyl sites for hydroxylation is 1. The Morgan fingerprint density at radius 1 is 1.10 bits per heavy atom. The number of likely N-dealkylation sites (N-methyl/N-ethyl adjacent to an activating group) is 1. The Balaban J connectivity index is 2.15. The van der Waals surface area contributed by atoms with Crippen LogP contribution in [-0.2, 0) is 5.60 Å². The largest absolute Gasteiger partial charge is 0.457 e. The molecular formula is C17H21NO2. The number of nitrogens with one attached hydrogen (secondary N) is 1. The smallest absolute Gasteiger partial charge is 0.130 e. The molecule has 2 aromatic rings. The van der Waals surface area contributed by atoms with Gasteiger partial charge >= 0.3 is 0 Å². The predicted octanol–water partition coefficient (Wildman–Crippen LogP) is 3.21. The first-order chi connectivity index (χ1) is 9.53. The van der Waals surface area contributed by atoms with E-state index in [-0.39, 0.29) is 0 Å². The second-order valence-electron chi connectivity index (χ2n) is 5.20. The highest BCUT2D eigenvalue weighted by Gasteiger charge is 2.21. The van der Waals surface area contributed by atoms with Gasteiger partial charge in [0.2, 0.25) is 0 Å². The molecular weight excluding hydrogens is 250 g/mol. The summed E-state index contributed by atoms with van der Waals surface area (Å²) in [7, 11) is 1.82. The van der Waals surface area contributed by atoms with Crippen molar-refractivity contribution >= 4 is 0 Å². The first kappa shape index (κ1) is 14.6. The highest BCUT2D eigenvalue weighted by molar-refractivity contribution is 5.38. The first-order valence-electron chi connectivity index (χ1n) is 6.74. The van der Waals surface area contributed by atoms with E-state index in [4.69, 9.17) is 4.74 Å². The van der Waals surface area contributed by atoms with Gasteiger partial charge in [-0.2, -0.15) is 0 Å². The molecule has 106 valence electrons. The maximum atomic E-state index is 10.3. The van der Waals surface area contributed by atoms with Crippen LogP contribution in [-0.4, -0.2) is 18.7 Å². The van der Waals surface area contributed by atoms with E-state index < -0.39 is 5.60 Å². The molecule has 20 heavy (non-hydrogen) atoms. The van der Waals surface area contributed by atoms with Gasteiger partial charge in [-0.15, -0.1) is 0 Å². The maximum absolute atomic E-state index is 10.3. The molecule has 0 aromatic heterocycles. The van der Waals surface area contributed by atoms with Gasteiger partial charge < -0.3 is 15.2 Å². The lowest BCUT2D eigenvalue weighted by atomic mass is 9.96. The van der Waals surface area contributed by atoms with Crippen LogP contribution < -0.4 is 10.1 Å². The Bertz CT molecular complexity index is 561. The van der Waals surface area contributed by atoms with Crippen LogP contribution in [0.25, 0.3) is 0 Å². The number of hydrogen-bond acceptors (Lipinski definition) is 3. The molecule has 1 atom stereocenters. The molecule has 3 nitrogen and oxygen atoms in total. The summed E-state index contributed by atoms with van der Waals surface area (Å²) in [5, 5.41) is 13.3.